The summed E-state index contributed by atoms with van der Waals surface area (Å²) in [7, 11) is 0. The van der Waals surface area contributed by atoms with Gasteiger partial charge in [0.05, 0.1) is 6.04 Å². The maximum atomic E-state index is 12.2. The van der Waals surface area contributed by atoms with E-state index >= 15 is 0 Å². The summed E-state index contributed by atoms with van der Waals surface area (Å²) in [5, 5.41) is 4.03. The molecular formula is C18H16Cl2N2O3. The van der Waals surface area contributed by atoms with Crippen LogP contribution < -0.4 is 15.0 Å². The van der Waals surface area contributed by atoms with Gasteiger partial charge in [-0.2, -0.15) is 0 Å². The zero-order valence-electron chi connectivity index (χ0n) is 13.2. The monoisotopic (exact) mass is 378 g/mol. The number of hydrogen-bond donors (Lipinski definition) is 1. The summed E-state index contributed by atoms with van der Waals surface area (Å²) in [6.07, 6.45) is 0.259. The van der Waals surface area contributed by atoms with E-state index in [1.807, 2.05) is 0 Å². The fraction of sp³-hybridized carbons (Fsp3) is 0.222. The quantitative estimate of drug-likeness (QED) is 0.868. The third kappa shape index (κ3) is 4.65. The summed E-state index contributed by atoms with van der Waals surface area (Å²) in [4.78, 5) is 25.8. The Balaban J connectivity index is 1.51. The standard InChI is InChI=1S/C18H16Cl2N2O3/c19-12-1-5-15(6-2-12)22-10-14(9-18(22)24)21-17(23)11-25-16-7-3-13(20)4-8-16/h1-8,14H,9-11H2,(H,21,23)/t14-/m1/s1. The Morgan fingerprint density at radius 3 is 2.32 bits per heavy atom. The van der Waals surface area contributed by atoms with Crippen LogP contribution in [-0.4, -0.2) is 31.0 Å². The molecule has 2 aromatic carbocycles. The van der Waals surface area contributed by atoms with E-state index < -0.39 is 0 Å². The number of carbonyl (C=O) groups excluding carboxylic acids is 2. The number of rotatable bonds is 5. The van der Waals surface area contributed by atoms with Crippen molar-refractivity contribution in [3.05, 3.63) is 58.6 Å². The molecule has 2 amide bonds. The highest BCUT2D eigenvalue weighted by Crippen LogP contribution is 2.23. The molecule has 0 aliphatic carbocycles. The van der Waals surface area contributed by atoms with Crippen LogP contribution in [0, 0.1) is 0 Å². The van der Waals surface area contributed by atoms with Gasteiger partial charge in [0, 0.05) is 28.7 Å². The van der Waals surface area contributed by atoms with E-state index in [4.69, 9.17) is 27.9 Å². The fourth-order valence-corrected chi connectivity index (χ4v) is 2.88. The number of nitrogens with one attached hydrogen (secondary N) is 1. The Kier molecular flexibility index (Phi) is 5.46. The van der Waals surface area contributed by atoms with E-state index in [-0.39, 0.29) is 30.9 Å². The number of amides is 2. The molecule has 1 aliphatic heterocycles. The molecule has 0 bridgehead atoms. The van der Waals surface area contributed by atoms with Crippen molar-refractivity contribution in [2.75, 3.05) is 18.1 Å². The lowest BCUT2D eigenvalue weighted by Gasteiger charge is -2.17. The van der Waals surface area contributed by atoms with E-state index in [0.29, 0.717) is 22.3 Å². The molecule has 1 fully saturated rings. The van der Waals surface area contributed by atoms with Crippen LogP contribution in [0.5, 0.6) is 5.75 Å². The second-order valence-electron chi connectivity index (χ2n) is 5.69. The van der Waals surface area contributed by atoms with E-state index in [2.05, 4.69) is 5.32 Å². The van der Waals surface area contributed by atoms with Crippen LogP contribution in [0.2, 0.25) is 10.0 Å². The van der Waals surface area contributed by atoms with Gasteiger partial charge in [0.25, 0.3) is 5.91 Å². The lowest BCUT2D eigenvalue weighted by molar-refractivity contribution is -0.123. The van der Waals surface area contributed by atoms with Crippen LogP contribution in [0.25, 0.3) is 0 Å². The van der Waals surface area contributed by atoms with E-state index in [9.17, 15) is 9.59 Å². The average molecular weight is 379 g/mol. The summed E-state index contributed by atoms with van der Waals surface area (Å²) in [5.74, 6) is 0.252. The summed E-state index contributed by atoms with van der Waals surface area (Å²) in [6, 6.07) is 13.6. The number of nitrogens with zero attached hydrogens (tertiary/aromatic N) is 1. The minimum Gasteiger partial charge on any atom is -0.484 e. The number of halogens is 2. The van der Waals surface area contributed by atoms with Crippen molar-refractivity contribution < 1.29 is 14.3 Å². The van der Waals surface area contributed by atoms with Crippen molar-refractivity contribution in [2.45, 2.75) is 12.5 Å². The normalized spacial score (nSPS) is 16.8. The lowest BCUT2D eigenvalue weighted by atomic mass is 10.2. The molecule has 7 heteroatoms. The second-order valence-corrected chi connectivity index (χ2v) is 6.56. The molecule has 0 unspecified atom stereocenters. The molecule has 0 radical (unpaired) electrons. The van der Waals surface area contributed by atoms with Crippen LogP contribution in [0.4, 0.5) is 5.69 Å². The van der Waals surface area contributed by atoms with Crippen LogP contribution in [0.3, 0.4) is 0 Å². The number of ether oxygens (including phenoxy) is 1. The summed E-state index contributed by atoms with van der Waals surface area (Å²) in [6.45, 7) is 0.306. The summed E-state index contributed by atoms with van der Waals surface area (Å²) >= 11 is 11.7. The first kappa shape index (κ1) is 17.6. The van der Waals surface area contributed by atoms with Crippen LogP contribution in [0.15, 0.2) is 48.5 Å². The van der Waals surface area contributed by atoms with Crippen LogP contribution in [-0.2, 0) is 9.59 Å². The molecule has 1 saturated heterocycles. The van der Waals surface area contributed by atoms with E-state index in [1.54, 1.807) is 53.4 Å². The highest BCUT2D eigenvalue weighted by atomic mass is 35.5. The Labute approximate surface area is 155 Å². The first-order chi connectivity index (χ1) is 12.0. The van der Waals surface area contributed by atoms with Crippen LogP contribution >= 0.6 is 23.2 Å². The molecule has 3 rings (SSSR count). The Hall–Kier alpha value is -2.24. The number of hydrogen-bond acceptors (Lipinski definition) is 3. The van der Waals surface area contributed by atoms with Gasteiger partial charge in [-0.3, -0.25) is 9.59 Å². The SMILES string of the molecule is O=C(COc1ccc(Cl)cc1)N[C@@H]1CC(=O)N(c2ccc(Cl)cc2)C1. The molecule has 1 aliphatic rings. The first-order valence-electron chi connectivity index (χ1n) is 7.75. The molecule has 5 nitrogen and oxygen atoms in total. The molecule has 1 heterocycles. The van der Waals surface area contributed by atoms with Crippen LogP contribution in [0.1, 0.15) is 6.42 Å². The number of anilines is 1. The largest absolute Gasteiger partial charge is 0.484 e. The third-order valence-electron chi connectivity index (χ3n) is 3.81. The van der Waals surface area contributed by atoms with Gasteiger partial charge in [-0.05, 0) is 48.5 Å². The minimum absolute atomic E-state index is 0.0359. The molecule has 0 spiro atoms. The van der Waals surface area contributed by atoms with Gasteiger partial charge in [0.15, 0.2) is 6.61 Å². The highest BCUT2D eigenvalue weighted by Gasteiger charge is 2.31. The third-order valence-corrected chi connectivity index (χ3v) is 4.32. The molecule has 1 N–H and O–H groups in total. The van der Waals surface area contributed by atoms with Crippen molar-refractivity contribution in [1.82, 2.24) is 5.32 Å². The van der Waals surface area contributed by atoms with Crippen molar-refractivity contribution in [1.29, 1.82) is 0 Å². The Morgan fingerprint density at radius 1 is 1.08 bits per heavy atom. The maximum Gasteiger partial charge on any atom is 0.258 e. The van der Waals surface area contributed by atoms with Gasteiger partial charge in [0.1, 0.15) is 5.75 Å². The molecule has 1 atom stereocenters. The van der Waals surface area contributed by atoms with Crippen molar-refractivity contribution in [3.63, 3.8) is 0 Å². The van der Waals surface area contributed by atoms with Gasteiger partial charge in [-0.25, -0.2) is 0 Å². The lowest BCUT2D eigenvalue weighted by Crippen LogP contribution is -2.39. The van der Waals surface area contributed by atoms with Crippen molar-refractivity contribution in [3.8, 4) is 5.75 Å². The zero-order valence-corrected chi connectivity index (χ0v) is 14.8. The predicted octanol–water partition coefficient (Wildman–Crippen LogP) is 3.29. The molecule has 130 valence electrons. The Bertz CT molecular complexity index is 763. The molecule has 25 heavy (non-hydrogen) atoms. The summed E-state index contributed by atoms with van der Waals surface area (Å²) < 4.78 is 5.40. The zero-order chi connectivity index (χ0) is 17.8. The van der Waals surface area contributed by atoms with Gasteiger partial charge in [-0.15, -0.1) is 0 Å². The Morgan fingerprint density at radius 2 is 1.68 bits per heavy atom. The molecule has 0 saturated carbocycles. The van der Waals surface area contributed by atoms with Crippen molar-refractivity contribution in [2.24, 2.45) is 0 Å². The minimum atomic E-state index is -0.272. The molecule has 0 aromatic heterocycles. The highest BCUT2D eigenvalue weighted by molar-refractivity contribution is 6.30. The maximum absolute atomic E-state index is 12.2. The number of benzene rings is 2. The van der Waals surface area contributed by atoms with Gasteiger partial charge in [0.2, 0.25) is 5.91 Å². The average Bonchev–Trinajstić information content (AvgIpc) is 2.95. The van der Waals surface area contributed by atoms with E-state index in [0.717, 1.165) is 5.69 Å². The smallest absolute Gasteiger partial charge is 0.258 e. The van der Waals surface area contributed by atoms with Gasteiger partial charge < -0.3 is 15.0 Å². The topological polar surface area (TPSA) is 58.6 Å². The second kappa shape index (κ2) is 7.76. The van der Waals surface area contributed by atoms with E-state index in [1.165, 1.54) is 0 Å². The molecule has 2 aromatic rings. The summed E-state index contributed by atoms with van der Waals surface area (Å²) in [5.41, 5.74) is 0.767. The molecular weight excluding hydrogens is 363 g/mol. The fourth-order valence-electron chi connectivity index (χ4n) is 2.62. The van der Waals surface area contributed by atoms with Gasteiger partial charge >= 0.3 is 0 Å². The predicted molar refractivity (Wildman–Crippen MR) is 97.3 cm³/mol. The first-order valence-corrected chi connectivity index (χ1v) is 8.50. The van der Waals surface area contributed by atoms with Gasteiger partial charge in [-0.1, -0.05) is 23.2 Å². The van der Waals surface area contributed by atoms with Crippen molar-refractivity contribution >= 4 is 40.7 Å². The number of carbonyl (C=O) groups is 2.